The molecule has 0 amide bonds. The molecule has 2 unspecified atom stereocenters. The molecule has 16 heavy (non-hydrogen) atoms. The predicted molar refractivity (Wildman–Crippen MR) is 61.9 cm³/mol. The van der Waals surface area contributed by atoms with Crippen molar-refractivity contribution >= 4 is 5.97 Å². The van der Waals surface area contributed by atoms with Gasteiger partial charge in [0.2, 0.25) is 0 Å². The van der Waals surface area contributed by atoms with Crippen LogP contribution in [0, 0.1) is 35.0 Å². The summed E-state index contributed by atoms with van der Waals surface area (Å²) in [7, 11) is 0. The molecule has 3 rings (SSSR count). The van der Waals surface area contributed by atoms with Crippen molar-refractivity contribution < 1.29 is 9.90 Å². The quantitative estimate of drug-likeness (QED) is 0.726. The van der Waals surface area contributed by atoms with Crippen LogP contribution in [-0.4, -0.2) is 11.1 Å². The van der Waals surface area contributed by atoms with Crippen LogP contribution in [0.1, 0.15) is 33.1 Å². The molecule has 2 nitrogen and oxygen atoms in total. The van der Waals surface area contributed by atoms with Crippen LogP contribution in [0.15, 0.2) is 12.2 Å². The highest BCUT2D eigenvalue weighted by Gasteiger charge is 2.57. The second-order valence-corrected chi connectivity index (χ2v) is 6.43. The number of carboxylic acid groups (broad SMARTS) is 1. The van der Waals surface area contributed by atoms with Gasteiger partial charge in [0.25, 0.3) is 0 Å². The Labute approximate surface area is 96.7 Å². The highest BCUT2D eigenvalue weighted by molar-refractivity contribution is 5.74. The van der Waals surface area contributed by atoms with Crippen LogP contribution in [-0.2, 0) is 4.79 Å². The summed E-state index contributed by atoms with van der Waals surface area (Å²) in [5.41, 5.74) is -0.535. The lowest BCUT2D eigenvalue weighted by atomic mass is 9.65. The average molecular weight is 220 g/mol. The van der Waals surface area contributed by atoms with E-state index in [1.54, 1.807) is 0 Å². The van der Waals surface area contributed by atoms with E-state index in [0.29, 0.717) is 11.8 Å². The molecular weight excluding hydrogens is 200 g/mol. The first kappa shape index (κ1) is 10.4. The summed E-state index contributed by atoms with van der Waals surface area (Å²) >= 11 is 0. The van der Waals surface area contributed by atoms with Gasteiger partial charge >= 0.3 is 5.97 Å². The van der Waals surface area contributed by atoms with Gasteiger partial charge < -0.3 is 5.11 Å². The summed E-state index contributed by atoms with van der Waals surface area (Å²) < 4.78 is 0. The van der Waals surface area contributed by atoms with Crippen molar-refractivity contribution in [1.29, 1.82) is 0 Å². The van der Waals surface area contributed by atoms with Crippen molar-refractivity contribution in [3.05, 3.63) is 12.2 Å². The van der Waals surface area contributed by atoms with Gasteiger partial charge in [-0.3, -0.25) is 4.79 Å². The maximum atomic E-state index is 11.4. The second kappa shape index (κ2) is 3.12. The monoisotopic (exact) mass is 220 g/mol. The van der Waals surface area contributed by atoms with Gasteiger partial charge in [0.1, 0.15) is 0 Å². The van der Waals surface area contributed by atoms with E-state index in [2.05, 4.69) is 12.2 Å². The normalized spacial score (nSPS) is 45.0. The maximum Gasteiger partial charge on any atom is 0.309 e. The fourth-order valence-electron chi connectivity index (χ4n) is 4.55. The third-order valence-corrected chi connectivity index (χ3v) is 5.48. The topological polar surface area (TPSA) is 37.3 Å². The first-order valence-corrected chi connectivity index (χ1v) is 6.42. The number of carbonyl (C=O) groups is 1. The summed E-state index contributed by atoms with van der Waals surface area (Å²) in [4.78, 5) is 11.4. The Kier molecular flexibility index (Phi) is 2.02. The predicted octanol–water partition coefficient (Wildman–Crippen LogP) is 2.95. The van der Waals surface area contributed by atoms with Crippen LogP contribution in [0.25, 0.3) is 0 Å². The molecule has 0 aromatic rings. The lowest BCUT2D eigenvalue weighted by molar-refractivity contribution is -0.152. The second-order valence-electron chi connectivity index (χ2n) is 6.43. The molecule has 0 radical (unpaired) electrons. The van der Waals surface area contributed by atoms with Crippen molar-refractivity contribution in [1.82, 2.24) is 0 Å². The standard InChI is InChI=1S/C14H20O2/c1-14(2,13(15)16)12-7-8-6-11(12)10-5-3-4-9(8)10/h3-4,8-12H,5-7H2,1-2H3,(H,15,16)/t8?,9-,10+,11?,12-/m0/s1. The van der Waals surface area contributed by atoms with Crippen LogP contribution in [0.5, 0.6) is 0 Å². The van der Waals surface area contributed by atoms with Gasteiger partial charge in [0.05, 0.1) is 5.41 Å². The maximum absolute atomic E-state index is 11.4. The van der Waals surface area contributed by atoms with Gasteiger partial charge in [-0.1, -0.05) is 12.2 Å². The Morgan fingerprint density at radius 2 is 2.06 bits per heavy atom. The van der Waals surface area contributed by atoms with E-state index in [1.165, 1.54) is 12.8 Å². The highest BCUT2D eigenvalue weighted by atomic mass is 16.4. The number of hydrogen-bond acceptors (Lipinski definition) is 1. The summed E-state index contributed by atoms with van der Waals surface area (Å²) in [6.07, 6.45) is 8.30. The Bertz CT molecular complexity index is 356. The zero-order valence-electron chi connectivity index (χ0n) is 10.0. The molecule has 3 aliphatic carbocycles. The number of allylic oxidation sites excluding steroid dienone is 2. The SMILES string of the molecule is CC(C)(C(=O)O)[C@H]1CC2CC1[C@@H]1CC=C[C@@H]21. The van der Waals surface area contributed by atoms with E-state index in [4.69, 9.17) is 0 Å². The van der Waals surface area contributed by atoms with Gasteiger partial charge in [0.15, 0.2) is 0 Å². The number of carboxylic acids is 1. The van der Waals surface area contributed by atoms with Gasteiger partial charge in [-0.15, -0.1) is 0 Å². The van der Waals surface area contributed by atoms with Crippen molar-refractivity contribution in [3.8, 4) is 0 Å². The summed E-state index contributed by atoms with van der Waals surface area (Å²) in [5.74, 6) is 2.77. The Hall–Kier alpha value is -0.790. The largest absolute Gasteiger partial charge is 0.481 e. The number of hydrogen-bond donors (Lipinski definition) is 1. The van der Waals surface area contributed by atoms with E-state index in [9.17, 15) is 9.90 Å². The van der Waals surface area contributed by atoms with Crippen LogP contribution >= 0.6 is 0 Å². The van der Waals surface area contributed by atoms with Crippen molar-refractivity contribution in [2.75, 3.05) is 0 Å². The summed E-state index contributed by atoms with van der Waals surface area (Å²) in [5, 5.41) is 9.35. The smallest absolute Gasteiger partial charge is 0.309 e. The van der Waals surface area contributed by atoms with Crippen molar-refractivity contribution in [2.24, 2.45) is 35.0 Å². The molecule has 2 heteroatoms. The third-order valence-electron chi connectivity index (χ3n) is 5.48. The van der Waals surface area contributed by atoms with E-state index >= 15 is 0 Å². The molecule has 88 valence electrons. The Morgan fingerprint density at radius 1 is 1.31 bits per heavy atom. The first-order chi connectivity index (χ1) is 7.51. The molecule has 0 spiro atoms. The van der Waals surface area contributed by atoms with Crippen LogP contribution in [0.2, 0.25) is 0 Å². The lowest BCUT2D eigenvalue weighted by Crippen LogP contribution is -2.39. The fraction of sp³-hybridized carbons (Fsp3) is 0.786. The Balaban J connectivity index is 1.85. The highest BCUT2D eigenvalue weighted by Crippen LogP contribution is 2.62. The number of aliphatic carboxylic acids is 1. The minimum absolute atomic E-state index is 0.399. The fourth-order valence-corrected chi connectivity index (χ4v) is 4.55. The minimum Gasteiger partial charge on any atom is -0.481 e. The van der Waals surface area contributed by atoms with Crippen molar-refractivity contribution in [3.63, 3.8) is 0 Å². The molecule has 0 heterocycles. The van der Waals surface area contributed by atoms with E-state index < -0.39 is 11.4 Å². The Morgan fingerprint density at radius 3 is 2.75 bits per heavy atom. The van der Waals surface area contributed by atoms with E-state index in [1.807, 2.05) is 13.8 Å². The van der Waals surface area contributed by atoms with Crippen LogP contribution in [0.4, 0.5) is 0 Å². The van der Waals surface area contributed by atoms with Crippen LogP contribution in [0.3, 0.4) is 0 Å². The molecule has 0 aromatic carbocycles. The zero-order valence-corrected chi connectivity index (χ0v) is 10.0. The molecule has 0 aliphatic heterocycles. The molecule has 0 saturated heterocycles. The summed E-state index contributed by atoms with van der Waals surface area (Å²) in [6, 6.07) is 0. The van der Waals surface area contributed by atoms with E-state index in [0.717, 1.165) is 24.2 Å². The molecule has 2 fully saturated rings. The van der Waals surface area contributed by atoms with Crippen LogP contribution < -0.4 is 0 Å². The third kappa shape index (κ3) is 1.16. The molecule has 5 atom stereocenters. The first-order valence-electron chi connectivity index (χ1n) is 6.42. The van der Waals surface area contributed by atoms with Gasteiger partial charge in [-0.05, 0) is 62.7 Å². The molecule has 2 saturated carbocycles. The summed E-state index contributed by atoms with van der Waals surface area (Å²) in [6.45, 7) is 3.83. The molecule has 3 aliphatic rings. The van der Waals surface area contributed by atoms with Gasteiger partial charge in [-0.25, -0.2) is 0 Å². The van der Waals surface area contributed by atoms with E-state index in [-0.39, 0.29) is 0 Å². The molecule has 0 aromatic heterocycles. The zero-order chi connectivity index (χ0) is 11.5. The number of fused-ring (bicyclic) bond motifs is 5. The molecule has 1 N–H and O–H groups in total. The van der Waals surface area contributed by atoms with Gasteiger partial charge in [0, 0.05) is 0 Å². The lowest BCUT2D eigenvalue weighted by Gasteiger charge is -2.38. The van der Waals surface area contributed by atoms with Crippen molar-refractivity contribution in [2.45, 2.75) is 33.1 Å². The average Bonchev–Trinajstić information content (AvgIpc) is 2.89. The molecular formula is C14H20O2. The van der Waals surface area contributed by atoms with Gasteiger partial charge in [-0.2, -0.15) is 0 Å². The molecule has 2 bridgehead atoms. The minimum atomic E-state index is -0.618. The number of rotatable bonds is 2.